The predicted molar refractivity (Wildman–Crippen MR) is 105 cm³/mol. The van der Waals surface area contributed by atoms with Crippen molar-refractivity contribution >= 4 is 22.6 Å². The Morgan fingerprint density at radius 1 is 1.11 bits per heavy atom. The van der Waals surface area contributed by atoms with E-state index in [0.717, 1.165) is 30.0 Å². The van der Waals surface area contributed by atoms with Gasteiger partial charge in [0.25, 0.3) is 5.91 Å². The fourth-order valence-corrected chi connectivity index (χ4v) is 3.30. The molecule has 27 heavy (non-hydrogen) atoms. The number of rotatable bonds is 7. The third-order valence-electron chi connectivity index (χ3n) is 4.78. The molecule has 0 saturated carbocycles. The Bertz CT molecular complexity index is 857. The highest BCUT2D eigenvalue weighted by atomic mass is 16.5. The number of allylic oxidation sites excluding steroid dienone is 1. The number of amides is 1. The number of benzene rings is 2. The van der Waals surface area contributed by atoms with Crippen LogP contribution in [0.1, 0.15) is 42.5 Å². The highest BCUT2D eigenvalue weighted by Gasteiger charge is 2.16. The molecular formula is C22H25NO4. The summed E-state index contributed by atoms with van der Waals surface area (Å²) in [6.07, 6.45) is 7.86. The first kappa shape index (κ1) is 19.0. The van der Waals surface area contributed by atoms with Gasteiger partial charge in [-0.25, -0.2) is 4.79 Å². The van der Waals surface area contributed by atoms with E-state index in [1.165, 1.54) is 25.5 Å². The molecule has 3 rings (SSSR count). The quantitative estimate of drug-likeness (QED) is 0.593. The molecule has 1 aliphatic rings. The standard InChI is InChI=1S/C22H25NO4/c1-26-20-14-18-10-6-5-9-17(18)13-19(20)22(25)27-15-21(24)23-12-11-16-7-3-2-4-8-16/h5-7,9-10,13-14H,2-4,8,11-12,15H2,1H3,(H,23,24). The normalized spacial score (nSPS) is 13.7. The molecule has 0 aliphatic heterocycles. The summed E-state index contributed by atoms with van der Waals surface area (Å²) in [5, 5.41) is 4.69. The van der Waals surface area contributed by atoms with Gasteiger partial charge in [-0.05, 0) is 55.0 Å². The molecule has 0 atom stereocenters. The van der Waals surface area contributed by atoms with Gasteiger partial charge in [-0.15, -0.1) is 0 Å². The van der Waals surface area contributed by atoms with Gasteiger partial charge in [-0.2, -0.15) is 0 Å². The predicted octanol–water partition coefficient (Wildman–Crippen LogP) is 4.01. The van der Waals surface area contributed by atoms with Crippen LogP contribution in [0.3, 0.4) is 0 Å². The van der Waals surface area contributed by atoms with E-state index >= 15 is 0 Å². The molecule has 0 aromatic heterocycles. The Morgan fingerprint density at radius 3 is 2.59 bits per heavy atom. The lowest BCUT2D eigenvalue weighted by atomic mass is 9.97. The Kier molecular flexibility index (Phi) is 6.47. The molecular weight excluding hydrogens is 342 g/mol. The van der Waals surface area contributed by atoms with Gasteiger partial charge in [0.2, 0.25) is 0 Å². The molecule has 0 fully saturated rings. The van der Waals surface area contributed by atoms with Crippen molar-refractivity contribution in [2.45, 2.75) is 32.1 Å². The third kappa shape index (κ3) is 5.09. The number of methoxy groups -OCH3 is 1. The zero-order valence-electron chi connectivity index (χ0n) is 15.6. The van der Waals surface area contributed by atoms with Crippen molar-refractivity contribution in [3.05, 3.63) is 53.6 Å². The molecule has 0 spiro atoms. The van der Waals surface area contributed by atoms with Crippen LogP contribution in [0.5, 0.6) is 5.75 Å². The van der Waals surface area contributed by atoms with Gasteiger partial charge in [0.15, 0.2) is 6.61 Å². The molecule has 142 valence electrons. The van der Waals surface area contributed by atoms with Crippen LogP contribution in [0.25, 0.3) is 10.8 Å². The van der Waals surface area contributed by atoms with Crippen LogP contribution in [0.2, 0.25) is 0 Å². The van der Waals surface area contributed by atoms with Crippen LogP contribution in [-0.2, 0) is 9.53 Å². The van der Waals surface area contributed by atoms with Gasteiger partial charge in [0, 0.05) is 6.54 Å². The summed E-state index contributed by atoms with van der Waals surface area (Å²) in [7, 11) is 1.51. The molecule has 1 aliphatic carbocycles. The number of hydrogen-bond acceptors (Lipinski definition) is 4. The summed E-state index contributed by atoms with van der Waals surface area (Å²) in [6.45, 7) is 0.273. The minimum Gasteiger partial charge on any atom is -0.496 e. The smallest absolute Gasteiger partial charge is 0.342 e. The first-order valence-corrected chi connectivity index (χ1v) is 9.36. The number of nitrogens with one attached hydrogen (secondary N) is 1. The van der Waals surface area contributed by atoms with Crippen molar-refractivity contribution in [3.8, 4) is 5.75 Å². The molecule has 0 unspecified atom stereocenters. The topological polar surface area (TPSA) is 64.6 Å². The minimum atomic E-state index is -0.567. The second-order valence-electron chi connectivity index (χ2n) is 6.68. The zero-order chi connectivity index (χ0) is 19.1. The minimum absolute atomic E-state index is 0.292. The van der Waals surface area contributed by atoms with E-state index in [1.54, 1.807) is 12.1 Å². The summed E-state index contributed by atoms with van der Waals surface area (Å²) < 4.78 is 10.5. The fraction of sp³-hybridized carbons (Fsp3) is 0.364. The number of ether oxygens (including phenoxy) is 2. The molecule has 2 aromatic rings. The lowest BCUT2D eigenvalue weighted by Crippen LogP contribution is -2.30. The lowest BCUT2D eigenvalue weighted by Gasteiger charge is -2.13. The molecule has 5 nitrogen and oxygen atoms in total. The number of carbonyl (C=O) groups is 2. The van der Waals surface area contributed by atoms with Crippen molar-refractivity contribution in [2.24, 2.45) is 0 Å². The second-order valence-corrected chi connectivity index (χ2v) is 6.68. The van der Waals surface area contributed by atoms with Crippen LogP contribution in [-0.4, -0.2) is 32.1 Å². The van der Waals surface area contributed by atoms with Crippen molar-refractivity contribution in [3.63, 3.8) is 0 Å². The number of fused-ring (bicyclic) bond motifs is 1. The highest BCUT2D eigenvalue weighted by Crippen LogP contribution is 2.26. The van der Waals surface area contributed by atoms with E-state index in [4.69, 9.17) is 9.47 Å². The van der Waals surface area contributed by atoms with Gasteiger partial charge in [0.1, 0.15) is 11.3 Å². The monoisotopic (exact) mass is 367 g/mol. The first-order valence-electron chi connectivity index (χ1n) is 9.36. The molecule has 0 saturated heterocycles. The van der Waals surface area contributed by atoms with E-state index in [9.17, 15) is 9.59 Å². The molecule has 0 heterocycles. The summed E-state index contributed by atoms with van der Waals surface area (Å²) in [5.41, 5.74) is 1.72. The maximum absolute atomic E-state index is 12.4. The van der Waals surface area contributed by atoms with E-state index in [2.05, 4.69) is 11.4 Å². The molecule has 1 N–H and O–H groups in total. The number of hydrogen-bond donors (Lipinski definition) is 1. The van der Waals surface area contributed by atoms with Crippen molar-refractivity contribution in [1.29, 1.82) is 0 Å². The van der Waals surface area contributed by atoms with Crippen molar-refractivity contribution in [1.82, 2.24) is 5.32 Å². The Balaban J connectivity index is 1.53. The Labute approximate surface area is 159 Å². The average Bonchev–Trinajstić information content (AvgIpc) is 2.71. The van der Waals surface area contributed by atoms with Crippen molar-refractivity contribution < 1.29 is 19.1 Å². The van der Waals surface area contributed by atoms with Gasteiger partial charge >= 0.3 is 5.97 Å². The highest BCUT2D eigenvalue weighted by molar-refractivity contribution is 5.99. The average molecular weight is 367 g/mol. The molecule has 2 aromatic carbocycles. The van der Waals surface area contributed by atoms with Crippen LogP contribution in [0.15, 0.2) is 48.0 Å². The summed E-state index contributed by atoms with van der Waals surface area (Å²) in [5.74, 6) is -0.425. The van der Waals surface area contributed by atoms with Gasteiger partial charge < -0.3 is 14.8 Å². The SMILES string of the molecule is COc1cc2ccccc2cc1C(=O)OCC(=O)NCCC1=CCCCC1. The van der Waals surface area contributed by atoms with Gasteiger partial charge in [0.05, 0.1) is 7.11 Å². The Morgan fingerprint density at radius 2 is 1.89 bits per heavy atom. The van der Waals surface area contributed by atoms with E-state index in [0.29, 0.717) is 17.9 Å². The maximum atomic E-state index is 12.4. The third-order valence-corrected chi connectivity index (χ3v) is 4.78. The Hall–Kier alpha value is -2.82. The molecule has 0 bridgehead atoms. The zero-order valence-corrected chi connectivity index (χ0v) is 15.6. The van der Waals surface area contributed by atoms with Crippen LogP contribution in [0.4, 0.5) is 0 Å². The largest absolute Gasteiger partial charge is 0.496 e. The lowest BCUT2D eigenvalue weighted by molar-refractivity contribution is -0.124. The number of esters is 1. The number of carbonyl (C=O) groups excluding carboxylic acids is 2. The second kappa shape index (κ2) is 9.21. The van der Waals surface area contributed by atoms with Crippen LogP contribution in [0, 0.1) is 0 Å². The fourth-order valence-electron chi connectivity index (χ4n) is 3.30. The van der Waals surface area contributed by atoms with E-state index < -0.39 is 5.97 Å². The first-order chi connectivity index (χ1) is 13.2. The molecule has 1 amide bonds. The maximum Gasteiger partial charge on any atom is 0.342 e. The van der Waals surface area contributed by atoms with E-state index in [-0.39, 0.29) is 12.5 Å². The van der Waals surface area contributed by atoms with Crippen LogP contribution < -0.4 is 10.1 Å². The summed E-state index contributed by atoms with van der Waals surface area (Å²) in [6, 6.07) is 11.2. The molecule has 5 heteroatoms. The van der Waals surface area contributed by atoms with Crippen molar-refractivity contribution in [2.75, 3.05) is 20.3 Å². The van der Waals surface area contributed by atoms with Gasteiger partial charge in [-0.1, -0.05) is 35.9 Å². The molecule has 0 radical (unpaired) electrons. The summed E-state index contributed by atoms with van der Waals surface area (Å²) in [4.78, 5) is 24.4. The van der Waals surface area contributed by atoms with Gasteiger partial charge in [-0.3, -0.25) is 4.79 Å². The van der Waals surface area contributed by atoms with E-state index in [1.807, 2.05) is 24.3 Å². The summed E-state index contributed by atoms with van der Waals surface area (Å²) >= 11 is 0. The van der Waals surface area contributed by atoms with Crippen LogP contribution >= 0.6 is 0 Å².